The third kappa shape index (κ3) is 1.22. The van der Waals surface area contributed by atoms with Crippen LogP contribution >= 0.6 is 0 Å². The summed E-state index contributed by atoms with van der Waals surface area (Å²) in [5.41, 5.74) is 0. The Labute approximate surface area is 72.9 Å². The van der Waals surface area contributed by atoms with Crippen molar-refractivity contribution in [2.75, 3.05) is 6.54 Å². The van der Waals surface area contributed by atoms with Crippen LogP contribution in [0.5, 0.6) is 0 Å². The standard InChI is InChI=1S/C9H16N2O/c1-2-10-9(12)7-5-6-3-4-8(7)11-6/h6-8,11H,2-5H2,1H3,(H,10,12). The molecule has 0 aromatic heterocycles. The van der Waals surface area contributed by atoms with E-state index >= 15 is 0 Å². The fraction of sp³-hybridized carbons (Fsp3) is 0.889. The van der Waals surface area contributed by atoms with Gasteiger partial charge in [0.2, 0.25) is 5.91 Å². The minimum absolute atomic E-state index is 0.247. The number of fused-ring (bicyclic) bond motifs is 2. The van der Waals surface area contributed by atoms with Crippen LogP contribution in [0, 0.1) is 5.92 Å². The van der Waals surface area contributed by atoms with E-state index in [2.05, 4.69) is 10.6 Å². The highest BCUT2D eigenvalue weighted by atomic mass is 16.1. The highest BCUT2D eigenvalue weighted by Crippen LogP contribution is 2.33. The summed E-state index contributed by atoms with van der Waals surface area (Å²) in [6.07, 6.45) is 3.50. The number of carbonyl (C=O) groups excluding carboxylic acids is 1. The van der Waals surface area contributed by atoms with Crippen LogP contribution in [-0.2, 0) is 4.79 Å². The topological polar surface area (TPSA) is 41.1 Å². The first kappa shape index (κ1) is 8.05. The lowest BCUT2D eigenvalue weighted by Gasteiger charge is -2.18. The van der Waals surface area contributed by atoms with Gasteiger partial charge in [-0.2, -0.15) is 0 Å². The van der Waals surface area contributed by atoms with E-state index < -0.39 is 0 Å². The van der Waals surface area contributed by atoms with Crippen LogP contribution in [0.25, 0.3) is 0 Å². The first-order valence-electron chi connectivity index (χ1n) is 4.85. The molecule has 0 aromatic carbocycles. The van der Waals surface area contributed by atoms with E-state index in [4.69, 9.17) is 0 Å². The lowest BCUT2D eigenvalue weighted by Crippen LogP contribution is -2.37. The Bertz CT molecular complexity index is 193. The van der Waals surface area contributed by atoms with Crippen molar-refractivity contribution < 1.29 is 4.79 Å². The van der Waals surface area contributed by atoms with Crippen molar-refractivity contribution in [2.45, 2.75) is 38.3 Å². The van der Waals surface area contributed by atoms with Crippen molar-refractivity contribution >= 4 is 5.91 Å². The molecule has 2 aliphatic heterocycles. The second-order valence-electron chi connectivity index (χ2n) is 3.78. The number of nitrogens with one attached hydrogen (secondary N) is 2. The maximum absolute atomic E-state index is 11.5. The molecule has 2 rings (SSSR count). The van der Waals surface area contributed by atoms with Gasteiger partial charge in [0, 0.05) is 18.6 Å². The van der Waals surface area contributed by atoms with Crippen LogP contribution in [-0.4, -0.2) is 24.5 Å². The van der Waals surface area contributed by atoms with Crippen molar-refractivity contribution in [3.8, 4) is 0 Å². The fourth-order valence-electron chi connectivity index (χ4n) is 2.42. The summed E-state index contributed by atoms with van der Waals surface area (Å²) in [5.74, 6) is 0.501. The van der Waals surface area contributed by atoms with Gasteiger partial charge in [0.15, 0.2) is 0 Å². The molecule has 2 aliphatic rings. The molecular weight excluding hydrogens is 152 g/mol. The number of amides is 1. The molecular formula is C9H16N2O. The van der Waals surface area contributed by atoms with Crippen LogP contribution < -0.4 is 10.6 Å². The summed E-state index contributed by atoms with van der Waals surface area (Å²) < 4.78 is 0. The van der Waals surface area contributed by atoms with Gasteiger partial charge in [-0.25, -0.2) is 0 Å². The van der Waals surface area contributed by atoms with Crippen LogP contribution in [0.4, 0.5) is 0 Å². The zero-order chi connectivity index (χ0) is 8.55. The maximum Gasteiger partial charge on any atom is 0.224 e. The molecule has 2 fully saturated rings. The van der Waals surface area contributed by atoms with E-state index in [1.165, 1.54) is 12.8 Å². The molecule has 2 heterocycles. The van der Waals surface area contributed by atoms with E-state index in [1.807, 2.05) is 6.92 Å². The zero-order valence-electron chi connectivity index (χ0n) is 7.47. The van der Waals surface area contributed by atoms with Crippen LogP contribution in [0.2, 0.25) is 0 Å². The third-order valence-corrected chi connectivity index (χ3v) is 2.99. The van der Waals surface area contributed by atoms with Gasteiger partial charge >= 0.3 is 0 Å². The predicted molar refractivity (Wildman–Crippen MR) is 46.7 cm³/mol. The third-order valence-electron chi connectivity index (χ3n) is 2.99. The molecule has 68 valence electrons. The molecule has 1 amide bonds. The van der Waals surface area contributed by atoms with E-state index in [1.54, 1.807) is 0 Å². The van der Waals surface area contributed by atoms with Crippen molar-refractivity contribution in [3.63, 3.8) is 0 Å². The molecule has 3 heteroatoms. The lowest BCUT2D eigenvalue weighted by molar-refractivity contribution is -0.125. The summed E-state index contributed by atoms with van der Waals surface area (Å²) in [4.78, 5) is 11.5. The highest BCUT2D eigenvalue weighted by molar-refractivity contribution is 5.80. The quantitative estimate of drug-likeness (QED) is 0.621. The average molecular weight is 168 g/mol. The lowest BCUT2D eigenvalue weighted by atomic mass is 9.88. The molecule has 0 spiro atoms. The van der Waals surface area contributed by atoms with Crippen molar-refractivity contribution in [3.05, 3.63) is 0 Å². The predicted octanol–water partition coefficient (Wildman–Crippen LogP) is 0.263. The molecule has 2 bridgehead atoms. The maximum atomic E-state index is 11.5. The Balaban J connectivity index is 1.93. The van der Waals surface area contributed by atoms with Gasteiger partial charge in [0.1, 0.15) is 0 Å². The van der Waals surface area contributed by atoms with E-state index in [9.17, 15) is 4.79 Å². The summed E-state index contributed by atoms with van der Waals surface area (Å²) in [7, 11) is 0. The highest BCUT2D eigenvalue weighted by Gasteiger charge is 2.42. The molecule has 3 nitrogen and oxygen atoms in total. The summed E-state index contributed by atoms with van der Waals surface area (Å²) in [6, 6.07) is 1.10. The van der Waals surface area contributed by atoms with E-state index in [0.717, 1.165) is 13.0 Å². The SMILES string of the molecule is CCNC(=O)C1CC2CCC1N2. The minimum Gasteiger partial charge on any atom is -0.356 e. The monoisotopic (exact) mass is 168 g/mol. The van der Waals surface area contributed by atoms with Crippen molar-refractivity contribution in [1.29, 1.82) is 0 Å². The molecule has 0 radical (unpaired) electrons. The number of hydrogen-bond donors (Lipinski definition) is 2. The van der Waals surface area contributed by atoms with Crippen LogP contribution in [0.3, 0.4) is 0 Å². The molecule has 0 saturated carbocycles. The first-order chi connectivity index (χ1) is 5.81. The zero-order valence-corrected chi connectivity index (χ0v) is 7.47. The Morgan fingerprint density at radius 1 is 1.58 bits per heavy atom. The normalized spacial score (nSPS) is 38.6. The van der Waals surface area contributed by atoms with Crippen molar-refractivity contribution in [1.82, 2.24) is 10.6 Å². The molecule has 0 aromatic rings. The Morgan fingerprint density at radius 3 is 2.92 bits per heavy atom. The smallest absolute Gasteiger partial charge is 0.224 e. The van der Waals surface area contributed by atoms with Gasteiger partial charge in [-0.15, -0.1) is 0 Å². The Hall–Kier alpha value is -0.570. The van der Waals surface area contributed by atoms with Gasteiger partial charge in [0.05, 0.1) is 5.92 Å². The molecule has 3 unspecified atom stereocenters. The number of rotatable bonds is 2. The number of hydrogen-bond acceptors (Lipinski definition) is 2. The molecule has 2 saturated heterocycles. The van der Waals surface area contributed by atoms with Crippen LogP contribution in [0.15, 0.2) is 0 Å². The first-order valence-corrected chi connectivity index (χ1v) is 4.85. The Kier molecular flexibility index (Phi) is 2.05. The van der Waals surface area contributed by atoms with E-state index in [-0.39, 0.29) is 11.8 Å². The average Bonchev–Trinajstić information content (AvgIpc) is 2.64. The van der Waals surface area contributed by atoms with Gasteiger partial charge in [-0.05, 0) is 26.2 Å². The number of carbonyl (C=O) groups is 1. The minimum atomic E-state index is 0.247. The van der Waals surface area contributed by atoms with Crippen molar-refractivity contribution in [2.24, 2.45) is 5.92 Å². The van der Waals surface area contributed by atoms with Gasteiger partial charge in [0.25, 0.3) is 0 Å². The summed E-state index contributed by atoms with van der Waals surface area (Å²) in [6.45, 7) is 2.73. The largest absolute Gasteiger partial charge is 0.356 e. The summed E-state index contributed by atoms with van der Waals surface area (Å²) >= 11 is 0. The second kappa shape index (κ2) is 3.05. The second-order valence-corrected chi connectivity index (χ2v) is 3.78. The molecule has 12 heavy (non-hydrogen) atoms. The van der Waals surface area contributed by atoms with Crippen LogP contribution in [0.1, 0.15) is 26.2 Å². The Morgan fingerprint density at radius 2 is 2.42 bits per heavy atom. The fourth-order valence-corrected chi connectivity index (χ4v) is 2.42. The van der Waals surface area contributed by atoms with Gasteiger partial charge in [-0.3, -0.25) is 4.79 Å². The van der Waals surface area contributed by atoms with E-state index in [0.29, 0.717) is 12.1 Å². The summed E-state index contributed by atoms with van der Waals surface area (Å²) in [5, 5.41) is 6.35. The van der Waals surface area contributed by atoms with Gasteiger partial charge in [-0.1, -0.05) is 0 Å². The molecule has 2 N–H and O–H groups in total. The van der Waals surface area contributed by atoms with Gasteiger partial charge < -0.3 is 10.6 Å². The molecule has 3 atom stereocenters. The molecule has 0 aliphatic carbocycles.